The van der Waals surface area contributed by atoms with Crippen LogP contribution < -0.4 is 5.56 Å². The van der Waals surface area contributed by atoms with Crippen LogP contribution in [0.5, 0.6) is 0 Å². The number of benzene rings is 1. The fraction of sp³-hybridized carbons (Fsp3) is 0.211. The predicted molar refractivity (Wildman–Crippen MR) is 107 cm³/mol. The minimum absolute atomic E-state index is 0.130. The summed E-state index contributed by atoms with van der Waals surface area (Å²) in [6, 6.07) is 9.77. The third-order valence-electron chi connectivity index (χ3n) is 3.87. The lowest BCUT2D eigenvalue weighted by Crippen LogP contribution is -2.24. The van der Waals surface area contributed by atoms with E-state index in [0.717, 1.165) is 11.1 Å². The molecule has 0 aliphatic heterocycles. The van der Waals surface area contributed by atoms with Gasteiger partial charge in [0.15, 0.2) is 5.16 Å². The molecule has 2 heterocycles. The van der Waals surface area contributed by atoms with Crippen LogP contribution in [0, 0.1) is 0 Å². The molecule has 3 aromatic rings. The fourth-order valence-corrected chi connectivity index (χ4v) is 4.52. The van der Waals surface area contributed by atoms with Crippen LogP contribution >= 0.6 is 23.1 Å². The molecule has 0 radical (unpaired) electrons. The Morgan fingerprint density at radius 1 is 1.42 bits per heavy atom. The fourth-order valence-electron chi connectivity index (χ4n) is 2.59. The third kappa shape index (κ3) is 3.45. The Hall–Kier alpha value is -2.38. The molecular formula is C19H18N2O3S2. The molecule has 1 aromatic carbocycles. The van der Waals surface area contributed by atoms with Crippen LogP contribution in [-0.2, 0) is 16.1 Å². The van der Waals surface area contributed by atoms with Gasteiger partial charge < -0.3 is 4.74 Å². The van der Waals surface area contributed by atoms with E-state index in [0.29, 0.717) is 21.9 Å². The first-order valence-corrected chi connectivity index (χ1v) is 9.75. The van der Waals surface area contributed by atoms with E-state index in [9.17, 15) is 9.59 Å². The van der Waals surface area contributed by atoms with E-state index >= 15 is 0 Å². The molecule has 26 heavy (non-hydrogen) atoms. The number of rotatable bonds is 6. The van der Waals surface area contributed by atoms with Crippen LogP contribution in [0.25, 0.3) is 21.3 Å². The van der Waals surface area contributed by atoms with E-state index in [1.165, 1.54) is 30.2 Å². The zero-order valence-corrected chi connectivity index (χ0v) is 16.1. The lowest BCUT2D eigenvalue weighted by atomic mass is 10.1. The Kier molecular flexibility index (Phi) is 5.58. The quantitative estimate of drug-likeness (QED) is 0.278. The summed E-state index contributed by atoms with van der Waals surface area (Å²) in [6.07, 6.45) is 1.65. The van der Waals surface area contributed by atoms with Crippen molar-refractivity contribution >= 4 is 39.3 Å². The number of thioether (sulfide) groups is 1. The van der Waals surface area contributed by atoms with Crippen molar-refractivity contribution in [2.24, 2.45) is 0 Å². The van der Waals surface area contributed by atoms with Crippen molar-refractivity contribution in [2.75, 3.05) is 7.11 Å². The van der Waals surface area contributed by atoms with Gasteiger partial charge in [0.05, 0.1) is 12.5 Å². The molecule has 0 saturated heterocycles. The second kappa shape index (κ2) is 7.88. The van der Waals surface area contributed by atoms with Crippen LogP contribution in [-0.4, -0.2) is 27.9 Å². The molecule has 7 heteroatoms. The van der Waals surface area contributed by atoms with E-state index in [1.807, 2.05) is 35.7 Å². The Bertz CT molecular complexity index is 1010. The number of fused-ring (bicyclic) bond motifs is 1. The number of hydrogen-bond donors (Lipinski definition) is 0. The summed E-state index contributed by atoms with van der Waals surface area (Å²) < 4.78 is 6.33. The van der Waals surface area contributed by atoms with Crippen molar-refractivity contribution < 1.29 is 9.53 Å². The van der Waals surface area contributed by atoms with E-state index < -0.39 is 5.25 Å². The molecule has 1 atom stereocenters. The molecule has 0 spiro atoms. The number of aromatic nitrogens is 2. The van der Waals surface area contributed by atoms with Crippen LogP contribution in [0.4, 0.5) is 0 Å². The van der Waals surface area contributed by atoms with Gasteiger partial charge in [0.25, 0.3) is 5.56 Å². The zero-order chi connectivity index (χ0) is 18.7. The van der Waals surface area contributed by atoms with Gasteiger partial charge >= 0.3 is 5.97 Å². The highest BCUT2D eigenvalue weighted by molar-refractivity contribution is 8.00. The maximum Gasteiger partial charge on any atom is 0.318 e. The highest BCUT2D eigenvalue weighted by Gasteiger charge is 2.21. The van der Waals surface area contributed by atoms with Gasteiger partial charge in [0.2, 0.25) is 0 Å². The molecule has 0 fully saturated rings. The van der Waals surface area contributed by atoms with Crippen molar-refractivity contribution in [2.45, 2.75) is 23.9 Å². The number of carbonyl (C=O) groups is 1. The van der Waals surface area contributed by atoms with Crippen LogP contribution in [0.3, 0.4) is 0 Å². The maximum atomic E-state index is 13.2. The number of nitrogens with zero attached hydrogens (tertiary/aromatic N) is 2. The molecule has 5 nitrogen and oxygen atoms in total. The van der Waals surface area contributed by atoms with Gasteiger partial charge in [0.1, 0.15) is 10.1 Å². The summed E-state index contributed by atoms with van der Waals surface area (Å²) in [5.74, 6) is -0.356. The second-order valence-electron chi connectivity index (χ2n) is 5.58. The van der Waals surface area contributed by atoms with Crippen molar-refractivity contribution in [1.82, 2.24) is 9.55 Å². The van der Waals surface area contributed by atoms with E-state index in [4.69, 9.17) is 4.74 Å². The Balaban J connectivity index is 2.17. The van der Waals surface area contributed by atoms with Crippen molar-refractivity contribution in [3.63, 3.8) is 0 Å². The molecular weight excluding hydrogens is 368 g/mol. The predicted octanol–water partition coefficient (Wildman–Crippen LogP) is 3.96. The third-order valence-corrected chi connectivity index (χ3v) is 5.81. The topological polar surface area (TPSA) is 61.2 Å². The first-order valence-electron chi connectivity index (χ1n) is 7.99. The maximum absolute atomic E-state index is 13.2. The molecule has 0 aliphatic rings. The first-order chi connectivity index (χ1) is 12.6. The van der Waals surface area contributed by atoms with Crippen LogP contribution in [0.15, 0.2) is 58.3 Å². The Morgan fingerprint density at radius 2 is 2.15 bits per heavy atom. The Morgan fingerprint density at radius 3 is 2.81 bits per heavy atom. The number of allylic oxidation sites excluding steroid dienone is 1. The molecule has 3 rings (SSSR count). The summed E-state index contributed by atoms with van der Waals surface area (Å²) in [4.78, 5) is 30.2. The van der Waals surface area contributed by atoms with Crippen LogP contribution in [0.1, 0.15) is 6.92 Å². The number of hydrogen-bond acceptors (Lipinski definition) is 6. The normalized spacial score (nSPS) is 12.1. The molecule has 0 unspecified atom stereocenters. The van der Waals surface area contributed by atoms with Gasteiger partial charge in [-0.05, 0) is 12.5 Å². The summed E-state index contributed by atoms with van der Waals surface area (Å²) in [5.41, 5.74) is 1.72. The summed E-state index contributed by atoms with van der Waals surface area (Å²) >= 11 is 2.64. The first kappa shape index (κ1) is 18.4. The second-order valence-corrected chi connectivity index (χ2v) is 7.74. The van der Waals surface area contributed by atoms with Gasteiger partial charge in [-0.2, -0.15) is 0 Å². The highest BCUT2D eigenvalue weighted by Crippen LogP contribution is 2.32. The average Bonchev–Trinajstić information content (AvgIpc) is 3.09. The van der Waals surface area contributed by atoms with Crippen molar-refractivity contribution in [1.29, 1.82) is 0 Å². The Labute approximate surface area is 159 Å². The molecule has 0 amide bonds. The minimum Gasteiger partial charge on any atom is -0.468 e. The lowest BCUT2D eigenvalue weighted by molar-refractivity contribution is -0.139. The summed E-state index contributed by atoms with van der Waals surface area (Å²) in [5, 5.41) is 2.57. The van der Waals surface area contributed by atoms with Gasteiger partial charge in [-0.15, -0.1) is 17.9 Å². The summed E-state index contributed by atoms with van der Waals surface area (Å²) in [6.45, 7) is 5.78. The number of esters is 1. The molecule has 0 bridgehead atoms. The van der Waals surface area contributed by atoms with Gasteiger partial charge in [0, 0.05) is 17.5 Å². The average molecular weight is 386 g/mol. The SMILES string of the molecule is C=CCn1c(S[C@@H](C)C(=O)OC)nc2scc(-c3ccccc3)c2c1=O. The van der Waals surface area contributed by atoms with Crippen LogP contribution in [0.2, 0.25) is 0 Å². The smallest absolute Gasteiger partial charge is 0.318 e. The van der Waals surface area contributed by atoms with Gasteiger partial charge in [-0.3, -0.25) is 14.2 Å². The molecule has 2 aromatic heterocycles. The highest BCUT2D eigenvalue weighted by atomic mass is 32.2. The van der Waals surface area contributed by atoms with Crippen molar-refractivity contribution in [3.05, 3.63) is 58.7 Å². The largest absolute Gasteiger partial charge is 0.468 e. The molecule has 0 N–H and O–H groups in total. The molecule has 0 saturated carbocycles. The number of methoxy groups -OCH3 is 1. The van der Waals surface area contributed by atoms with Gasteiger partial charge in [-0.25, -0.2) is 4.98 Å². The zero-order valence-electron chi connectivity index (χ0n) is 14.5. The lowest BCUT2D eigenvalue weighted by Gasteiger charge is -2.13. The molecule has 0 aliphatic carbocycles. The van der Waals surface area contributed by atoms with E-state index in [1.54, 1.807) is 17.6 Å². The van der Waals surface area contributed by atoms with E-state index in [2.05, 4.69) is 11.6 Å². The minimum atomic E-state index is -0.464. The number of thiophene rings is 1. The van der Waals surface area contributed by atoms with Gasteiger partial charge in [-0.1, -0.05) is 48.2 Å². The van der Waals surface area contributed by atoms with Crippen molar-refractivity contribution in [3.8, 4) is 11.1 Å². The summed E-state index contributed by atoms with van der Waals surface area (Å²) in [7, 11) is 1.35. The molecule has 134 valence electrons. The standard InChI is InChI=1S/C19H18N2O3S2/c1-4-10-21-17(22)15-14(13-8-6-5-7-9-13)11-25-16(15)20-19(21)26-12(2)18(23)24-3/h4-9,11-12H,1,10H2,2-3H3/t12-/m0/s1. The monoisotopic (exact) mass is 386 g/mol. The number of carbonyl (C=O) groups excluding carboxylic acids is 1. The number of ether oxygens (including phenoxy) is 1. The van der Waals surface area contributed by atoms with E-state index in [-0.39, 0.29) is 11.5 Å².